The van der Waals surface area contributed by atoms with E-state index < -0.39 is 0 Å². The molecule has 15 heavy (non-hydrogen) atoms. The van der Waals surface area contributed by atoms with Crippen LogP contribution in [0.4, 0.5) is 0 Å². The Balaban J connectivity index is 2.52. The quantitative estimate of drug-likeness (QED) is 0.754. The van der Waals surface area contributed by atoms with Crippen LogP contribution in [-0.4, -0.2) is 21.8 Å². The molecule has 0 fully saturated rings. The second-order valence-corrected chi connectivity index (χ2v) is 3.15. The maximum absolute atomic E-state index is 11.5. The van der Waals surface area contributed by atoms with E-state index in [1.807, 2.05) is 37.4 Å². The van der Waals surface area contributed by atoms with Gasteiger partial charge in [0.25, 0.3) is 0 Å². The number of aromatic nitrogens is 3. The van der Waals surface area contributed by atoms with Crippen molar-refractivity contribution in [2.24, 2.45) is 0 Å². The fourth-order valence-electron chi connectivity index (χ4n) is 1.45. The Labute approximate surface area is 86.8 Å². The van der Waals surface area contributed by atoms with E-state index >= 15 is 0 Å². The van der Waals surface area contributed by atoms with Crippen molar-refractivity contribution < 1.29 is 0 Å². The van der Waals surface area contributed by atoms with E-state index in [4.69, 9.17) is 0 Å². The van der Waals surface area contributed by atoms with Gasteiger partial charge in [-0.25, -0.2) is 14.5 Å². The van der Waals surface area contributed by atoms with Crippen LogP contribution in [0.15, 0.2) is 35.1 Å². The van der Waals surface area contributed by atoms with Crippen LogP contribution in [0.3, 0.4) is 0 Å². The number of para-hydroxylation sites is 1. The third kappa shape index (κ3) is 1.82. The normalized spacial score (nSPS) is 10.5. The molecule has 1 aromatic heterocycles. The minimum absolute atomic E-state index is 0.216. The molecule has 2 N–H and O–H groups in total. The Kier molecular flexibility index (Phi) is 2.64. The van der Waals surface area contributed by atoms with Gasteiger partial charge < -0.3 is 5.32 Å². The van der Waals surface area contributed by atoms with Crippen LogP contribution in [0, 0.1) is 0 Å². The highest BCUT2D eigenvalue weighted by molar-refractivity contribution is 5.31. The monoisotopic (exact) mass is 204 g/mol. The highest BCUT2D eigenvalue weighted by atomic mass is 16.1. The number of nitrogens with one attached hydrogen (secondary N) is 2. The van der Waals surface area contributed by atoms with E-state index in [0.29, 0.717) is 12.4 Å². The molecule has 0 aliphatic rings. The molecule has 5 nitrogen and oxygen atoms in total. The molecule has 2 aromatic rings. The van der Waals surface area contributed by atoms with Crippen LogP contribution in [0.5, 0.6) is 0 Å². The molecule has 2 rings (SSSR count). The van der Waals surface area contributed by atoms with Gasteiger partial charge in [-0.2, -0.15) is 5.10 Å². The second-order valence-electron chi connectivity index (χ2n) is 3.15. The van der Waals surface area contributed by atoms with E-state index in [1.54, 1.807) is 4.57 Å². The van der Waals surface area contributed by atoms with Crippen LogP contribution in [0.25, 0.3) is 5.69 Å². The lowest BCUT2D eigenvalue weighted by molar-refractivity contribution is 0.734. The number of hydrogen-bond donors (Lipinski definition) is 2. The molecule has 0 saturated heterocycles. The minimum atomic E-state index is -0.216. The van der Waals surface area contributed by atoms with Crippen LogP contribution in [-0.2, 0) is 6.54 Å². The summed E-state index contributed by atoms with van der Waals surface area (Å²) < 4.78 is 1.55. The van der Waals surface area contributed by atoms with Gasteiger partial charge in [-0.15, -0.1) is 0 Å². The van der Waals surface area contributed by atoms with Crippen molar-refractivity contribution in [2.45, 2.75) is 6.54 Å². The molecule has 0 saturated carbocycles. The molecule has 1 aromatic carbocycles. The summed E-state index contributed by atoms with van der Waals surface area (Å²) in [5, 5.41) is 9.35. The molecule has 0 spiro atoms. The lowest BCUT2D eigenvalue weighted by Crippen LogP contribution is -2.19. The van der Waals surface area contributed by atoms with E-state index in [9.17, 15) is 4.79 Å². The van der Waals surface area contributed by atoms with E-state index in [1.165, 1.54) is 0 Å². The van der Waals surface area contributed by atoms with Crippen molar-refractivity contribution in [3.05, 3.63) is 46.6 Å². The average Bonchev–Trinajstić information content (AvgIpc) is 2.62. The van der Waals surface area contributed by atoms with E-state index in [2.05, 4.69) is 15.5 Å². The lowest BCUT2D eigenvalue weighted by Gasteiger charge is -2.04. The molecule has 0 bridgehead atoms. The van der Waals surface area contributed by atoms with Gasteiger partial charge in [0.15, 0.2) is 5.82 Å². The number of H-pyrrole nitrogens is 1. The predicted octanol–water partition coefficient (Wildman–Crippen LogP) is 0.280. The van der Waals surface area contributed by atoms with Gasteiger partial charge in [0.1, 0.15) is 0 Å². The first-order valence-electron chi connectivity index (χ1n) is 4.69. The average molecular weight is 204 g/mol. The number of aromatic amines is 1. The zero-order chi connectivity index (χ0) is 10.7. The van der Waals surface area contributed by atoms with Crippen LogP contribution in [0.2, 0.25) is 0 Å². The lowest BCUT2D eigenvalue weighted by atomic mass is 10.3. The van der Waals surface area contributed by atoms with Crippen LogP contribution < -0.4 is 11.0 Å². The fourth-order valence-corrected chi connectivity index (χ4v) is 1.45. The number of rotatable bonds is 3. The molecule has 78 valence electrons. The molecule has 0 amide bonds. The highest BCUT2D eigenvalue weighted by Crippen LogP contribution is 2.05. The largest absolute Gasteiger partial charge is 0.347 e. The minimum Gasteiger partial charge on any atom is -0.313 e. The third-order valence-electron chi connectivity index (χ3n) is 2.09. The first-order valence-corrected chi connectivity index (χ1v) is 4.69. The maximum Gasteiger partial charge on any atom is 0.347 e. The molecule has 5 heteroatoms. The molecule has 0 aliphatic carbocycles. The van der Waals surface area contributed by atoms with Gasteiger partial charge in [0, 0.05) is 0 Å². The van der Waals surface area contributed by atoms with Gasteiger partial charge >= 0.3 is 5.69 Å². The molecular formula is C10H12N4O. The Morgan fingerprint density at radius 3 is 2.80 bits per heavy atom. The standard InChI is InChI=1S/C10H12N4O/c1-11-7-9-12-13-10(15)14(9)8-5-3-2-4-6-8/h2-6,11H,7H2,1H3,(H,13,15). The first-order chi connectivity index (χ1) is 7.33. The zero-order valence-electron chi connectivity index (χ0n) is 8.40. The third-order valence-corrected chi connectivity index (χ3v) is 2.09. The highest BCUT2D eigenvalue weighted by Gasteiger charge is 2.08. The number of hydrogen-bond acceptors (Lipinski definition) is 3. The molecule has 1 heterocycles. The van der Waals surface area contributed by atoms with Crippen LogP contribution >= 0.6 is 0 Å². The Hall–Kier alpha value is -1.88. The summed E-state index contributed by atoms with van der Waals surface area (Å²) in [6, 6.07) is 9.42. The van der Waals surface area contributed by atoms with Gasteiger partial charge in [-0.3, -0.25) is 0 Å². The summed E-state index contributed by atoms with van der Waals surface area (Å²) in [5.74, 6) is 0.675. The maximum atomic E-state index is 11.5. The van der Waals surface area contributed by atoms with Crippen LogP contribution in [0.1, 0.15) is 5.82 Å². The summed E-state index contributed by atoms with van der Waals surface area (Å²) in [5.41, 5.74) is 0.605. The predicted molar refractivity (Wildman–Crippen MR) is 56.9 cm³/mol. The molecule has 0 atom stereocenters. The first kappa shape index (κ1) is 9.67. The summed E-state index contributed by atoms with van der Waals surface area (Å²) in [6.45, 7) is 0.549. The van der Waals surface area contributed by atoms with Crippen molar-refractivity contribution in [1.29, 1.82) is 0 Å². The summed E-state index contributed by atoms with van der Waals surface area (Å²) in [7, 11) is 1.81. The second kappa shape index (κ2) is 4.10. The zero-order valence-corrected chi connectivity index (χ0v) is 8.40. The fraction of sp³-hybridized carbons (Fsp3) is 0.200. The smallest absolute Gasteiger partial charge is 0.313 e. The van der Waals surface area contributed by atoms with Gasteiger partial charge in [-0.1, -0.05) is 18.2 Å². The SMILES string of the molecule is CNCc1n[nH]c(=O)n1-c1ccccc1. The van der Waals surface area contributed by atoms with Crippen molar-refractivity contribution in [3.63, 3.8) is 0 Å². The van der Waals surface area contributed by atoms with Gasteiger partial charge in [0.05, 0.1) is 12.2 Å². The van der Waals surface area contributed by atoms with Crippen molar-refractivity contribution in [1.82, 2.24) is 20.1 Å². The van der Waals surface area contributed by atoms with E-state index in [-0.39, 0.29) is 5.69 Å². The van der Waals surface area contributed by atoms with Crippen molar-refractivity contribution in [3.8, 4) is 5.69 Å². The van der Waals surface area contributed by atoms with Crippen molar-refractivity contribution >= 4 is 0 Å². The van der Waals surface area contributed by atoms with E-state index in [0.717, 1.165) is 5.69 Å². The number of benzene rings is 1. The summed E-state index contributed by atoms with van der Waals surface area (Å²) in [6.07, 6.45) is 0. The summed E-state index contributed by atoms with van der Waals surface area (Å²) >= 11 is 0. The molecule has 0 unspecified atom stereocenters. The topological polar surface area (TPSA) is 62.7 Å². The Morgan fingerprint density at radius 1 is 1.40 bits per heavy atom. The molecular weight excluding hydrogens is 192 g/mol. The van der Waals surface area contributed by atoms with Gasteiger partial charge in [0.2, 0.25) is 0 Å². The molecule has 0 aliphatic heterocycles. The Morgan fingerprint density at radius 2 is 2.13 bits per heavy atom. The summed E-state index contributed by atoms with van der Waals surface area (Å²) in [4.78, 5) is 11.5. The number of nitrogens with zero attached hydrogens (tertiary/aromatic N) is 2. The molecule has 0 radical (unpaired) electrons. The Bertz CT molecular complexity index is 486. The van der Waals surface area contributed by atoms with Gasteiger partial charge in [-0.05, 0) is 19.2 Å². The van der Waals surface area contributed by atoms with Crippen molar-refractivity contribution in [2.75, 3.05) is 7.05 Å².